The number of sulfonamides is 1. The number of hydrogen-bond donors (Lipinski definition) is 0. The van der Waals surface area contributed by atoms with E-state index < -0.39 is 10.0 Å². The molecule has 0 radical (unpaired) electrons. The van der Waals surface area contributed by atoms with Gasteiger partial charge in [0.05, 0.1) is 13.4 Å². The average molecular weight is 405 g/mol. The molecule has 26 heavy (non-hydrogen) atoms. The number of ether oxygens (including phenoxy) is 1. The monoisotopic (exact) mass is 404 g/mol. The Morgan fingerprint density at radius 1 is 1.23 bits per heavy atom. The molecule has 2 rings (SSSR count). The summed E-state index contributed by atoms with van der Waals surface area (Å²) in [4.78, 5) is 2.52. The lowest BCUT2D eigenvalue weighted by Gasteiger charge is -2.36. The molecule has 0 aliphatic carbocycles. The Labute approximate surface area is 165 Å². The van der Waals surface area contributed by atoms with E-state index in [-0.39, 0.29) is 12.4 Å². The van der Waals surface area contributed by atoms with Gasteiger partial charge in [0.1, 0.15) is 5.75 Å². The van der Waals surface area contributed by atoms with E-state index in [9.17, 15) is 8.42 Å². The van der Waals surface area contributed by atoms with Crippen LogP contribution in [0, 0.1) is 5.92 Å². The van der Waals surface area contributed by atoms with Crippen molar-refractivity contribution in [1.29, 1.82) is 0 Å². The number of benzene rings is 1. The van der Waals surface area contributed by atoms with Gasteiger partial charge >= 0.3 is 0 Å². The molecule has 1 saturated heterocycles. The topological polar surface area (TPSA) is 49.9 Å². The zero-order valence-corrected chi connectivity index (χ0v) is 18.0. The Hall–Kier alpha value is -0.820. The molecule has 0 aromatic heterocycles. The molecule has 1 aromatic rings. The van der Waals surface area contributed by atoms with Gasteiger partial charge in [0.2, 0.25) is 10.0 Å². The number of rotatable bonds is 8. The summed E-state index contributed by atoms with van der Waals surface area (Å²) in [5, 5.41) is 0. The Balaban J connectivity index is 0.00000338. The van der Waals surface area contributed by atoms with Gasteiger partial charge in [0.25, 0.3) is 0 Å². The minimum atomic E-state index is -3.04. The highest BCUT2D eigenvalue weighted by molar-refractivity contribution is 7.88. The Kier molecular flexibility index (Phi) is 9.38. The fraction of sp³-hybridized carbons (Fsp3) is 0.684. The predicted octanol–water partition coefficient (Wildman–Crippen LogP) is 3.04. The van der Waals surface area contributed by atoms with E-state index in [0.717, 1.165) is 38.1 Å². The first kappa shape index (κ1) is 23.2. The summed E-state index contributed by atoms with van der Waals surface area (Å²) in [6, 6.07) is 8.76. The minimum absolute atomic E-state index is 0. The van der Waals surface area contributed by atoms with Crippen molar-refractivity contribution >= 4 is 22.4 Å². The average Bonchev–Trinajstić information content (AvgIpc) is 2.60. The quantitative estimate of drug-likeness (QED) is 0.668. The normalized spacial score (nSPS) is 17.7. The maximum atomic E-state index is 11.6. The molecule has 0 spiro atoms. The smallest absolute Gasteiger partial charge is 0.211 e. The number of methoxy groups -OCH3 is 1. The van der Waals surface area contributed by atoms with Crippen LogP contribution < -0.4 is 4.74 Å². The maximum absolute atomic E-state index is 11.6. The third kappa shape index (κ3) is 6.72. The van der Waals surface area contributed by atoms with Gasteiger partial charge in [-0.1, -0.05) is 19.1 Å². The van der Waals surface area contributed by atoms with Gasteiger partial charge < -0.3 is 9.64 Å². The number of likely N-dealkylation sites (N-methyl/N-ethyl adjacent to an activating group) is 1. The molecule has 7 heteroatoms. The second kappa shape index (κ2) is 10.5. The van der Waals surface area contributed by atoms with Crippen LogP contribution in [0.15, 0.2) is 24.3 Å². The van der Waals surface area contributed by atoms with Crippen molar-refractivity contribution in [3.05, 3.63) is 29.8 Å². The van der Waals surface area contributed by atoms with E-state index in [1.807, 2.05) is 12.1 Å². The van der Waals surface area contributed by atoms with Crippen molar-refractivity contribution in [2.24, 2.45) is 5.92 Å². The fourth-order valence-electron chi connectivity index (χ4n) is 3.61. The maximum Gasteiger partial charge on any atom is 0.211 e. The van der Waals surface area contributed by atoms with Crippen molar-refractivity contribution < 1.29 is 13.2 Å². The lowest BCUT2D eigenvalue weighted by Crippen LogP contribution is -2.43. The van der Waals surface area contributed by atoms with E-state index >= 15 is 0 Å². The van der Waals surface area contributed by atoms with Crippen LogP contribution >= 0.6 is 12.4 Å². The molecule has 1 heterocycles. The molecule has 0 N–H and O–H groups in total. The summed E-state index contributed by atoms with van der Waals surface area (Å²) in [6.07, 6.45) is 4.24. The highest BCUT2D eigenvalue weighted by atomic mass is 35.5. The van der Waals surface area contributed by atoms with Crippen LogP contribution in [0.1, 0.15) is 32.3 Å². The van der Waals surface area contributed by atoms with Crippen LogP contribution in [-0.4, -0.2) is 63.2 Å². The molecule has 1 fully saturated rings. The van der Waals surface area contributed by atoms with Crippen LogP contribution in [0.3, 0.4) is 0 Å². The van der Waals surface area contributed by atoms with Gasteiger partial charge in [-0.15, -0.1) is 12.4 Å². The zero-order valence-electron chi connectivity index (χ0n) is 16.3. The molecule has 0 bridgehead atoms. The first-order valence-electron chi connectivity index (χ1n) is 9.15. The van der Waals surface area contributed by atoms with Gasteiger partial charge in [-0.05, 0) is 56.3 Å². The molecule has 0 saturated carbocycles. The SMILES string of the molecule is CCN(CC1CCN(S(C)(=O)=O)CC1)[C@@H](C)Cc1ccc(OC)cc1.Cl. The molecule has 1 aliphatic rings. The van der Waals surface area contributed by atoms with Crippen molar-refractivity contribution in [3.63, 3.8) is 0 Å². The first-order chi connectivity index (χ1) is 11.8. The number of hydrogen-bond acceptors (Lipinski definition) is 4. The molecule has 1 aliphatic heterocycles. The largest absolute Gasteiger partial charge is 0.497 e. The summed E-state index contributed by atoms with van der Waals surface area (Å²) in [5.41, 5.74) is 1.32. The Bertz CT molecular complexity index is 629. The molecule has 1 atom stereocenters. The highest BCUT2D eigenvalue weighted by Gasteiger charge is 2.26. The number of piperidine rings is 1. The summed E-state index contributed by atoms with van der Waals surface area (Å²) in [7, 11) is -1.35. The van der Waals surface area contributed by atoms with E-state index in [4.69, 9.17) is 4.74 Å². The van der Waals surface area contributed by atoms with Crippen molar-refractivity contribution in [2.75, 3.05) is 39.5 Å². The third-order valence-electron chi connectivity index (χ3n) is 5.25. The fourth-order valence-corrected chi connectivity index (χ4v) is 4.48. The number of halogens is 1. The third-order valence-corrected chi connectivity index (χ3v) is 6.56. The van der Waals surface area contributed by atoms with Gasteiger partial charge in [-0.3, -0.25) is 0 Å². The van der Waals surface area contributed by atoms with E-state index in [1.165, 1.54) is 11.8 Å². The summed E-state index contributed by atoms with van der Waals surface area (Å²) in [6.45, 7) is 7.87. The van der Waals surface area contributed by atoms with Crippen LogP contribution in [0.2, 0.25) is 0 Å². The van der Waals surface area contributed by atoms with Gasteiger partial charge in [-0.25, -0.2) is 12.7 Å². The summed E-state index contributed by atoms with van der Waals surface area (Å²) < 4.78 is 30.1. The van der Waals surface area contributed by atoms with Gasteiger partial charge in [0, 0.05) is 25.7 Å². The van der Waals surface area contributed by atoms with E-state index in [0.29, 0.717) is 25.0 Å². The van der Waals surface area contributed by atoms with Gasteiger partial charge in [0.15, 0.2) is 0 Å². The lowest BCUT2D eigenvalue weighted by atomic mass is 9.96. The van der Waals surface area contributed by atoms with Crippen molar-refractivity contribution in [1.82, 2.24) is 9.21 Å². The molecular weight excluding hydrogens is 372 g/mol. The molecule has 0 amide bonds. The van der Waals surface area contributed by atoms with Crippen LogP contribution in [-0.2, 0) is 16.4 Å². The number of nitrogens with zero attached hydrogens (tertiary/aromatic N) is 2. The standard InChI is InChI=1S/C19H32N2O3S.ClH/c1-5-20(15-18-10-12-21(13-11-18)25(4,22)23)16(2)14-17-6-8-19(24-3)9-7-17;/h6-9,16,18H,5,10-15H2,1-4H3;1H/t16-;/m0./s1. The minimum Gasteiger partial charge on any atom is -0.497 e. The highest BCUT2D eigenvalue weighted by Crippen LogP contribution is 2.22. The summed E-state index contributed by atoms with van der Waals surface area (Å²) in [5.74, 6) is 1.47. The molecule has 1 aromatic carbocycles. The predicted molar refractivity (Wildman–Crippen MR) is 110 cm³/mol. The van der Waals surface area contributed by atoms with Gasteiger partial charge in [-0.2, -0.15) is 0 Å². The Morgan fingerprint density at radius 3 is 2.27 bits per heavy atom. The molecular formula is C19H33ClN2O3S. The molecule has 150 valence electrons. The summed E-state index contributed by atoms with van der Waals surface area (Å²) >= 11 is 0. The molecule has 0 unspecified atom stereocenters. The van der Waals surface area contributed by atoms with E-state index in [1.54, 1.807) is 11.4 Å². The van der Waals surface area contributed by atoms with E-state index in [2.05, 4.69) is 30.9 Å². The van der Waals surface area contributed by atoms with Crippen molar-refractivity contribution in [3.8, 4) is 5.75 Å². The molecule has 5 nitrogen and oxygen atoms in total. The lowest BCUT2D eigenvalue weighted by molar-refractivity contribution is 0.152. The Morgan fingerprint density at radius 2 is 1.81 bits per heavy atom. The van der Waals surface area contributed by atoms with Crippen LogP contribution in [0.4, 0.5) is 0 Å². The van der Waals surface area contributed by atoms with Crippen LogP contribution in [0.25, 0.3) is 0 Å². The zero-order chi connectivity index (χ0) is 18.4. The van der Waals surface area contributed by atoms with Crippen molar-refractivity contribution in [2.45, 2.75) is 39.2 Å². The second-order valence-corrected chi connectivity index (χ2v) is 9.08. The first-order valence-corrected chi connectivity index (χ1v) is 11.0. The van der Waals surface area contributed by atoms with Crippen LogP contribution in [0.5, 0.6) is 5.75 Å². The second-order valence-electron chi connectivity index (χ2n) is 7.09.